The summed E-state index contributed by atoms with van der Waals surface area (Å²) in [6.07, 6.45) is 6.03. The van der Waals surface area contributed by atoms with Crippen molar-refractivity contribution in [2.24, 2.45) is 5.73 Å². The van der Waals surface area contributed by atoms with Gasteiger partial charge in [0.15, 0.2) is 17.3 Å². The summed E-state index contributed by atoms with van der Waals surface area (Å²) in [6.45, 7) is 0.255. The van der Waals surface area contributed by atoms with Gasteiger partial charge >= 0.3 is 5.97 Å². The van der Waals surface area contributed by atoms with Crippen LogP contribution in [0.2, 0.25) is 0 Å². The summed E-state index contributed by atoms with van der Waals surface area (Å²) in [4.78, 5) is 19.5. The van der Waals surface area contributed by atoms with Crippen molar-refractivity contribution in [1.29, 1.82) is 0 Å². The minimum absolute atomic E-state index is 0.00477. The highest BCUT2D eigenvalue weighted by Crippen LogP contribution is 2.51. The molecule has 2 aliphatic rings. The molecular formula is C19H18F2N6O3. The van der Waals surface area contributed by atoms with Crippen molar-refractivity contribution in [2.75, 3.05) is 11.9 Å². The van der Waals surface area contributed by atoms with E-state index in [1.54, 1.807) is 0 Å². The Labute approximate surface area is 168 Å². The molecule has 3 heterocycles. The van der Waals surface area contributed by atoms with Gasteiger partial charge in [-0.05, 0) is 31.7 Å². The van der Waals surface area contributed by atoms with E-state index in [-0.39, 0.29) is 35.1 Å². The predicted octanol–water partition coefficient (Wildman–Crippen LogP) is 2.07. The molecule has 3 aromatic heterocycles. The first-order valence-electron chi connectivity index (χ1n) is 9.42. The van der Waals surface area contributed by atoms with Gasteiger partial charge in [-0.25, -0.2) is 28.1 Å². The first-order valence-corrected chi connectivity index (χ1v) is 9.42. The zero-order valence-corrected chi connectivity index (χ0v) is 15.7. The number of rotatable bonds is 7. The van der Waals surface area contributed by atoms with E-state index < -0.39 is 23.1 Å². The van der Waals surface area contributed by atoms with E-state index in [1.165, 1.54) is 6.07 Å². The maximum atomic E-state index is 14.6. The fraction of sp³-hybridized carbons (Fsp3) is 0.368. The van der Waals surface area contributed by atoms with Gasteiger partial charge in [0, 0.05) is 5.56 Å². The van der Waals surface area contributed by atoms with Crippen LogP contribution in [0.1, 0.15) is 41.6 Å². The Kier molecular flexibility index (Phi) is 3.94. The molecule has 0 atom stereocenters. The van der Waals surface area contributed by atoms with Crippen LogP contribution in [0.25, 0.3) is 5.65 Å². The molecular weight excluding hydrogens is 398 g/mol. The normalized spacial score (nSPS) is 18.2. The number of hydrogen-bond donors (Lipinski definition) is 3. The molecule has 0 aromatic carbocycles. The Bertz CT molecular complexity index is 1170. The number of carboxylic acids is 1. The number of nitrogens with one attached hydrogen (secondary N) is 1. The molecule has 3 aromatic rings. The number of carbonyl (C=O) groups is 1. The molecule has 0 aliphatic heterocycles. The minimum atomic E-state index is -1.23. The topological polar surface area (TPSA) is 128 Å². The third kappa shape index (κ3) is 3.20. The SMILES string of the molecule is NC1(COc2ncc(F)cc2C2(Nc3nc4c(C(=O)O)cnn4cc3F)CC2)CC1. The largest absolute Gasteiger partial charge is 0.477 e. The molecule has 0 unspecified atom stereocenters. The lowest BCUT2D eigenvalue weighted by atomic mass is 10.1. The van der Waals surface area contributed by atoms with Crippen molar-refractivity contribution < 1.29 is 23.4 Å². The second-order valence-corrected chi connectivity index (χ2v) is 7.93. The Morgan fingerprint density at radius 3 is 2.73 bits per heavy atom. The zero-order valence-electron chi connectivity index (χ0n) is 15.7. The van der Waals surface area contributed by atoms with E-state index in [4.69, 9.17) is 10.5 Å². The molecule has 0 saturated heterocycles. The van der Waals surface area contributed by atoms with Gasteiger partial charge in [0.1, 0.15) is 18.0 Å². The average molecular weight is 416 g/mol. The number of carboxylic acid groups (broad SMARTS) is 1. The molecule has 30 heavy (non-hydrogen) atoms. The van der Waals surface area contributed by atoms with Crippen LogP contribution in [0, 0.1) is 11.6 Å². The van der Waals surface area contributed by atoms with Gasteiger partial charge in [0.2, 0.25) is 5.88 Å². The van der Waals surface area contributed by atoms with Gasteiger partial charge in [0.05, 0.1) is 29.7 Å². The number of nitrogens with two attached hydrogens (primary N) is 1. The van der Waals surface area contributed by atoms with Gasteiger partial charge in [-0.3, -0.25) is 0 Å². The number of aromatic carboxylic acids is 1. The lowest BCUT2D eigenvalue weighted by Crippen LogP contribution is -2.31. The second-order valence-electron chi connectivity index (χ2n) is 7.93. The van der Waals surface area contributed by atoms with Crippen molar-refractivity contribution in [3.63, 3.8) is 0 Å². The van der Waals surface area contributed by atoms with Crippen LogP contribution >= 0.6 is 0 Å². The molecule has 0 spiro atoms. The molecule has 0 bridgehead atoms. The van der Waals surface area contributed by atoms with Crippen molar-refractivity contribution in [2.45, 2.75) is 36.8 Å². The summed E-state index contributed by atoms with van der Waals surface area (Å²) in [5, 5.41) is 16.1. The highest BCUT2D eigenvalue weighted by Gasteiger charge is 2.48. The van der Waals surface area contributed by atoms with E-state index in [0.29, 0.717) is 18.4 Å². The van der Waals surface area contributed by atoms with Crippen molar-refractivity contribution >= 4 is 17.4 Å². The third-order valence-corrected chi connectivity index (χ3v) is 5.51. The number of nitrogens with zero attached hydrogens (tertiary/aromatic N) is 4. The third-order valence-electron chi connectivity index (χ3n) is 5.51. The maximum Gasteiger partial charge on any atom is 0.341 e. The maximum absolute atomic E-state index is 14.6. The van der Waals surface area contributed by atoms with E-state index in [2.05, 4.69) is 20.4 Å². The Hall–Kier alpha value is -3.34. The molecule has 0 radical (unpaired) electrons. The van der Waals surface area contributed by atoms with Gasteiger partial charge in [0.25, 0.3) is 0 Å². The molecule has 2 fully saturated rings. The van der Waals surface area contributed by atoms with Gasteiger partial charge in [-0.2, -0.15) is 5.10 Å². The molecule has 2 saturated carbocycles. The number of fused-ring (bicyclic) bond motifs is 1. The first kappa shape index (κ1) is 18.7. The lowest BCUT2D eigenvalue weighted by molar-refractivity contribution is 0.0698. The second kappa shape index (κ2) is 6.33. The van der Waals surface area contributed by atoms with Crippen LogP contribution in [0.3, 0.4) is 0 Å². The minimum Gasteiger partial charge on any atom is -0.477 e. The number of pyridine rings is 1. The fourth-order valence-electron chi connectivity index (χ4n) is 3.34. The first-order chi connectivity index (χ1) is 14.3. The van der Waals surface area contributed by atoms with E-state index in [0.717, 1.165) is 35.9 Å². The molecule has 5 rings (SSSR count). The molecule has 156 valence electrons. The summed E-state index contributed by atoms with van der Waals surface area (Å²) in [5.74, 6) is -2.42. The Morgan fingerprint density at radius 1 is 1.30 bits per heavy atom. The molecule has 9 nitrogen and oxygen atoms in total. The standard InChI is InChI=1S/C19H18F2N6O3/c20-10-5-12(16(23-6-10)30-9-18(22)1-2-18)19(3-4-19)26-14-13(21)8-27-15(25-14)11(7-24-27)17(28)29/h5-8H,1-4,9,22H2,(H,25,26)(H,28,29). The van der Waals surface area contributed by atoms with Crippen molar-refractivity contribution in [1.82, 2.24) is 19.6 Å². The van der Waals surface area contributed by atoms with Crippen LogP contribution in [0.5, 0.6) is 5.88 Å². The highest BCUT2D eigenvalue weighted by atomic mass is 19.1. The summed E-state index contributed by atoms with van der Waals surface area (Å²) in [6, 6.07) is 1.30. The fourth-order valence-corrected chi connectivity index (χ4v) is 3.34. The van der Waals surface area contributed by atoms with E-state index >= 15 is 0 Å². The predicted molar refractivity (Wildman–Crippen MR) is 100 cm³/mol. The zero-order chi connectivity index (χ0) is 21.1. The quantitative estimate of drug-likeness (QED) is 0.534. The molecule has 4 N–H and O–H groups in total. The molecule has 11 heteroatoms. The Morgan fingerprint density at radius 2 is 2.07 bits per heavy atom. The van der Waals surface area contributed by atoms with Crippen molar-refractivity contribution in [3.8, 4) is 5.88 Å². The summed E-state index contributed by atoms with van der Waals surface area (Å²) in [5.41, 5.74) is 5.14. The van der Waals surface area contributed by atoms with Crippen molar-refractivity contribution in [3.05, 3.63) is 47.4 Å². The smallest absolute Gasteiger partial charge is 0.341 e. The number of halogens is 2. The number of aromatic nitrogens is 4. The van der Waals surface area contributed by atoms with E-state index in [1.807, 2.05) is 0 Å². The molecule has 0 amide bonds. The van der Waals surface area contributed by atoms with Crippen LogP contribution in [0.4, 0.5) is 14.6 Å². The van der Waals surface area contributed by atoms with Crippen LogP contribution in [-0.2, 0) is 5.54 Å². The number of ether oxygens (including phenoxy) is 1. The Balaban J connectivity index is 1.49. The summed E-state index contributed by atoms with van der Waals surface area (Å²) < 4.78 is 35.4. The molecule has 2 aliphatic carbocycles. The highest BCUT2D eigenvalue weighted by molar-refractivity contribution is 5.94. The average Bonchev–Trinajstić information content (AvgIpc) is 3.60. The van der Waals surface area contributed by atoms with Crippen LogP contribution in [0.15, 0.2) is 24.7 Å². The number of hydrogen-bond acceptors (Lipinski definition) is 7. The van der Waals surface area contributed by atoms with Gasteiger partial charge in [-0.15, -0.1) is 0 Å². The number of anilines is 1. The van der Waals surface area contributed by atoms with Gasteiger partial charge in [-0.1, -0.05) is 0 Å². The van der Waals surface area contributed by atoms with Gasteiger partial charge < -0.3 is 20.9 Å². The summed E-state index contributed by atoms with van der Waals surface area (Å²) >= 11 is 0. The van der Waals surface area contributed by atoms with Crippen LogP contribution in [-0.4, -0.2) is 42.8 Å². The summed E-state index contributed by atoms with van der Waals surface area (Å²) in [7, 11) is 0. The lowest BCUT2D eigenvalue weighted by Gasteiger charge is -2.22. The van der Waals surface area contributed by atoms with E-state index in [9.17, 15) is 18.7 Å². The van der Waals surface area contributed by atoms with Crippen LogP contribution < -0.4 is 15.8 Å². The monoisotopic (exact) mass is 416 g/mol.